The molecule has 0 saturated heterocycles. The molecule has 1 aliphatic carbocycles. The van der Waals surface area contributed by atoms with Gasteiger partial charge in [-0.25, -0.2) is 13.2 Å². The van der Waals surface area contributed by atoms with Crippen molar-refractivity contribution in [2.24, 2.45) is 0 Å². The molecule has 0 spiro atoms. The summed E-state index contributed by atoms with van der Waals surface area (Å²) in [6, 6.07) is 3.84. The van der Waals surface area contributed by atoms with E-state index in [1.165, 1.54) is 12.1 Å². The van der Waals surface area contributed by atoms with E-state index in [4.69, 9.17) is 5.73 Å². The Kier molecular flexibility index (Phi) is 1.55. The molecule has 13 heavy (non-hydrogen) atoms. The Morgan fingerprint density at radius 1 is 1.38 bits per heavy atom. The summed E-state index contributed by atoms with van der Waals surface area (Å²) in [7, 11) is 0. The highest BCUT2D eigenvalue weighted by Gasteiger charge is 2.58. The lowest BCUT2D eigenvalue weighted by Crippen LogP contribution is -1.97. The van der Waals surface area contributed by atoms with Gasteiger partial charge in [-0.05, 0) is 17.7 Å². The Labute approximate surface area is 73.4 Å². The zero-order valence-electron chi connectivity index (χ0n) is 6.73. The summed E-state index contributed by atoms with van der Waals surface area (Å²) >= 11 is 0. The molecule has 0 amide bonds. The fourth-order valence-electron chi connectivity index (χ4n) is 1.38. The van der Waals surface area contributed by atoms with Gasteiger partial charge in [-0.1, -0.05) is 6.07 Å². The molecule has 0 aromatic heterocycles. The van der Waals surface area contributed by atoms with Crippen molar-refractivity contribution in [3.8, 4) is 0 Å². The van der Waals surface area contributed by atoms with Crippen LogP contribution in [0.15, 0.2) is 18.2 Å². The second kappa shape index (κ2) is 2.40. The van der Waals surface area contributed by atoms with Gasteiger partial charge in [0.1, 0.15) is 5.82 Å². The number of halogens is 3. The van der Waals surface area contributed by atoms with Gasteiger partial charge >= 0.3 is 0 Å². The van der Waals surface area contributed by atoms with Crippen LogP contribution in [0.2, 0.25) is 0 Å². The molecule has 2 rings (SSSR count). The lowest BCUT2D eigenvalue weighted by atomic mass is 10.1. The van der Waals surface area contributed by atoms with E-state index in [-0.39, 0.29) is 17.7 Å². The quantitative estimate of drug-likeness (QED) is 0.671. The number of benzene rings is 1. The predicted molar refractivity (Wildman–Crippen MR) is 43.1 cm³/mol. The largest absolute Gasteiger partial charge is 0.399 e. The van der Waals surface area contributed by atoms with Crippen molar-refractivity contribution in [1.29, 1.82) is 0 Å². The van der Waals surface area contributed by atoms with Crippen LogP contribution in [0.25, 0.3) is 0 Å². The lowest BCUT2D eigenvalue weighted by molar-refractivity contribution is 0.111. The fraction of sp³-hybridized carbons (Fsp3) is 0.333. The Hall–Kier alpha value is -1.19. The number of nitrogens with two attached hydrogens (primary N) is 1. The van der Waals surface area contributed by atoms with Crippen LogP contribution < -0.4 is 5.73 Å². The van der Waals surface area contributed by atoms with Gasteiger partial charge < -0.3 is 5.73 Å². The van der Waals surface area contributed by atoms with Crippen molar-refractivity contribution in [3.05, 3.63) is 29.6 Å². The van der Waals surface area contributed by atoms with Crippen molar-refractivity contribution in [2.45, 2.75) is 18.3 Å². The number of hydrogen-bond acceptors (Lipinski definition) is 1. The molecule has 0 radical (unpaired) electrons. The van der Waals surface area contributed by atoms with E-state index in [0.717, 1.165) is 6.07 Å². The maximum atomic E-state index is 13.1. The number of nitrogen functional groups attached to an aromatic ring is 1. The molecule has 1 atom stereocenters. The second-order valence-electron chi connectivity index (χ2n) is 3.30. The number of anilines is 1. The fourth-order valence-corrected chi connectivity index (χ4v) is 1.38. The summed E-state index contributed by atoms with van der Waals surface area (Å²) in [4.78, 5) is 0. The zero-order chi connectivity index (χ0) is 9.64. The SMILES string of the molecule is Nc1ccc(C2CC2(F)F)c(F)c1. The third-order valence-corrected chi connectivity index (χ3v) is 2.23. The molecule has 0 bridgehead atoms. The first kappa shape index (κ1) is 8.41. The number of alkyl halides is 2. The van der Waals surface area contributed by atoms with Gasteiger partial charge in [-0.2, -0.15) is 0 Å². The van der Waals surface area contributed by atoms with Crippen LogP contribution in [0.4, 0.5) is 18.9 Å². The first-order chi connectivity index (χ1) is 6.00. The molecule has 1 aromatic rings. The lowest BCUT2D eigenvalue weighted by Gasteiger charge is -2.02. The monoisotopic (exact) mass is 187 g/mol. The summed E-state index contributed by atoms with van der Waals surface area (Å²) in [5.74, 6) is -4.31. The van der Waals surface area contributed by atoms with Gasteiger partial charge in [0.25, 0.3) is 5.92 Å². The molecule has 1 nitrogen and oxygen atoms in total. The van der Waals surface area contributed by atoms with Gasteiger partial charge in [0.05, 0.1) is 5.92 Å². The summed E-state index contributed by atoms with van der Waals surface area (Å²) in [6.45, 7) is 0. The molecule has 2 N–H and O–H groups in total. The minimum Gasteiger partial charge on any atom is -0.399 e. The molecule has 1 fully saturated rings. The Morgan fingerprint density at radius 3 is 2.46 bits per heavy atom. The smallest absolute Gasteiger partial charge is 0.256 e. The van der Waals surface area contributed by atoms with Gasteiger partial charge in [-0.3, -0.25) is 0 Å². The topological polar surface area (TPSA) is 26.0 Å². The van der Waals surface area contributed by atoms with E-state index in [1.807, 2.05) is 0 Å². The third-order valence-electron chi connectivity index (χ3n) is 2.23. The maximum Gasteiger partial charge on any atom is 0.256 e. The third kappa shape index (κ3) is 1.36. The van der Waals surface area contributed by atoms with E-state index in [0.29, 0.717) is 0 Å². The Balaban J connectivity index is 2.33. The maximum absolute atomic E-state index is 13.1. The van der Waals surface area contributed by atoms with Crippen LogP contribution in [-0.2, 0) is 0 Å². The molecule has 0 aliphatic heterocycles. The highest BCUT2D eigenvalue weighted by atomic mass is 19.3. The van der Waals surface area contributed by atoms with Crippen molar-refractivity contribution in [3.63, 3.8) is 0 Å². The first-order valence-electron chi connectivity index (χ1n) is 3.93. The van der Waals surface area contributed by atoms with E-state index < -0.39 is 17.7 Å². The van der Waals surface area contributed by atoms with Crippen LogP contribution in [-0.4, -0.2) is 5.92 Å². The molecular formula is C9H8F3N. The Morgan fingerprint density at radius 2 is 2.00 bits per heavy atom. The summed E-state index contributed by atoms with van der Waals surface area (Å²) in [5, 5.41) is 0. The predicted octanol–water partition coefficient (Wildman–Crippen LogP) is 2.53. The standard InChI is InChI=1S/C9H8F3N/c10-8-3-5(13)1-2-6(8)7-4-9(7,11)12/h1-3,7H,4,13H2. The van der Waals surface area contributed by atoms with Gasteiger partial charge in [-0.15, -0.1) is 0 Å². The molecule has 1 aromatic carbocycles. The van der Waals surface area contributed by atoms with Gasteiger partial charge in [0, 0.05) is 12.1 Å². The highest BCUT2D eigenvalue weighted by Crippen LogP contribution is 2.56. The van der Waals surface area contributed by atoms with Gasteiger partial charge in [0.2, 0.25) is 0 Å². The summed E-state index contributed by atoms with van der Waals surface area (Å²) in [6.07, 6.45) is -0.256. The molecule has 70 valence electrons. The number of hydrogen-bond donors (Lipinski definition) is 1. The molecular weight excluding hydrogens is 179 g/mol. The highest BCUT2D eigenvalue weighted by molar-refractivity contribution is 5.43. The minimum atomic E-state index is -2.73. The average molecular weight is 187 g/mol. The average Bonchev–Trinajstić information content (AvgIpc) is 2.59. The molecule has 0 heterocycles. The van der Waals surface area contributed by atoms with Crippen LogP contribution in [0, 0.1) is 5.82 Å². The molecule has 4 heteroatoms. The van der Waals surface area contributed by atoms with Crippen LogP contribution >= 0.6 is 0 Å². The van der Waals surface area contributed by atoms with Crippen molar-refractivity contribution < 1.29 is 13.2 Å². The first-order valence-corrected chi connectivity index (χ1v) is 3.93. The second-order valence-corrected chi connectivity index (χ2v) is 3.30. The molecule has 1 saturated carbocycles. The normalized spacial score (nSPS) is 24.4. The summed E-state index contributed by atoms with van der Waals surface area (Å²) < 4.78 is 38.2. The van der Waals surface area contributed by atoms with E-state index in [1.54, 1.807) is 0 Å². The van der Waals surface area contributed by atoms with E-state index >= 15 is 0 Å². The number of rotatable bonds is 1. The van der Waals surface area contributed by atoms with E-state index in [2.05, 4.69) is 0 Å². The van der Waals surface area contributed by atoms with Crippen molar-refractivity contribution in [2.75, 3.05) is 5.73 Å². The molecule has 1 aliphatic rings. The Bertz CT molecular complexity index is 349. The van der Waals surface area contributed by atoms with Crippen molar-refractivity contribution in [1.82, 2.24) is 0 Å². The molecule has 1 unspecified atom stereocenters. The minimum absolute atomic E-state index is 0.0687. The van der Waals surface area contributed by atoms with Gasteiger partial charge in [0.15, 0.2) is 0 Å². The van der Waals surface area contributed by atoms with Crippen LogP contribution in [0.1, 0.15) is 17.9 Å². The van der Waals surface area contributed by atoms with Crippen molar-refractivity contribution >= 4 is 5.69 Å². The van der Waals surface area contributed by atoms with Crippen LogP contribution in [0.3, 0.4) is 0 Å². The summed E-state index contributed by atoms with van der Waals surface area (Å²) in [5.41, 5.74) is 5.61. The van der Waals surface area contributed by atoms with E-state index in [9.17, 15) is 13.2 Å². The van der Waals surface area contributed by atoms with Crippen LogP contribution in [0.5, 0.6) is 0 Å². The zero-order valence-corrected chi connectivity index (χ0v) is 6.73.